The summed E-state index contributed by atoms with van der Waals surface area (Å²) < 4.78 is 29.3. The number of hydrogen-bond acceptors (Lipinski definition) is 7. The molecule has 4 fully saturated rings. The van der Waals surface area contributed by atoms with Gasteiger partial charge in [-0.3, -0.25) is 14.5 Å². The zero-order chi connectivity index (χ0) is 29.3. The molecule has 5 heterocycles. The maximum Gasteiger partial charge on any atom is 0.237 e. The maximum absolute atomic E-state index is 13.3. The third-order valence-corrected chi connectivity index (χ3v) is 12.5. The minimum Gasteiger partial charge on any atom is -0.355 e. The highest BCUT2D eigenvalue weighted by atomic mass is 32.2. The fourth-order valence-corrected chi connectivity index (χ4v) is 9.31. The number of pyridine rings is 2. The molecule has 3 aliphatic heterocycles. The van der Waals surface area contributed by atoms with Crippen molar-refractivity contribution in [3.8, 4) is 11.1 Å². The van der Waals surface area contributed by atoms with E-state index in [0.29, 0.717) is 30.4 Å². The highest BCUT2D eigenvalue weighted by molar-refractivity contribution is 7.93. The van der Waals surface area contributed by atoms with Gasteiger partial charge in [0.15, 0.2) is 5.82 Å². The van der Waals surface area contributed by atoms with Crippen LogP contribution in [0.3, 0.4) is 0 Å². The Labute approximate surface area is 253 Å². The molecule has 1 aromatic carbocycles. The van der Waals surface area contributed by atoms with Gasteiger partial charge in [0.2, 0.25) is 15.9 Å². The molecule has 9 nitrogen and oxygen atoms in total. The van der Waals surface area contributed by atoms with Crippen LogP contribution in [0, 0.1) is 0 Å². The molecule has 0 atom stereocenters. The molecule has 2 aromatic heterocycles. The van der Waals surface area contributed by atoms with Gasteiger partial charge in [-0.05, 0) is 88.2 Å². The van der Waals surface area contributed by atoms with E-state index in [1.807, 2.05) is 37.6 Å². The predicted octanol–water partition coefficient (Wildman–Crippen LogP) is 5.05. The molecule has 1 spiro atoms. The monoisotopic (exact) mass is 600 g/mol. The molecular weight excluding hydrogens is 560 g/mol. The summed E-state index contributed by atoms with van der Waals surface area (Å²) in [6.45, 7) is 4.12. The number of likely N-dealkylation sites (N-methyl/N-ethyl adjacent to an activating group) is 1. The third-order valence-electron chi connectivity index (χ3n) is 10.7. The van der Waals surface area contributed by atoms with Crippen LogP contribution in [0.4, 0.5) is 17.2 Å². The first-order chi connectivity index (χ1) is 20.8. The van der Waals surface area contributed by atoms with Crippen molar-refractivity contribution in [2.45, 2.75) is 80.9 Å². The summed E-state index contributed by atoms with van der Waals surface area (Å²) in [7, 11) is -1.62. The Hall–Kier alpha value is -3.24. The number of rotatable bonds is 6. The zero-order valence-electron chi connectivity index (χ0n) is 24.9. The van der Waals surface area contributed by atoms with Crippen LogP contribution >= 0.6 is 0 Å². The number of nitrogens with one attached hydrogen (secondary N) is 1. The highest BCUT2D eigenvalue weighted by Gasteiger charge is 2.54. The predicted molar refractivity (Wildman–Crippen MR) is 170 cm³/mol. The number of carbonyl (C=O) groups excluding carboxylic acids is 1. The van der Waals surface area contributed by atoms with Crippen LogP contribution < -0.4 is 14.5 Å². The molecule has 3 aromatic rings. The molecule has 10 heteroatoms. The number of piperidine rings is 2. The van der Waals surface area contributed by atoms with E-state index in [9.17, 15) is 13.2 Å². The molecule has 1 amide bonds. The fourth-order valence-electron chi connectivity index (χ4n) is 7.93. The molecule has 8 rings (SSSR count). The van der Waals surface area contributed by atoms with Gasteiger partial charge < -0.3 is 14.7 Å². The van der Waals surface area contributed by atoms with Gasteiger partial charge in [-0.2, -0.15) is 0 Å². The molecule has 5 aliphatic rings. The van der Waals surface area contributed by atoms with Crippen LogP contribution in [0.5, 0.6) is 0 Å². The van der Waals surface area contributed by atoms with Crippen LogP contribution in [-0.2, 0) is 20.2 Å². The molecule has 0 radical (unpaired) electrons. The van der Waals surface area contributed by atoms with Crippen molar-refractivity contribution < 1.29 is 13.2 Å². The lowest BCUT2D eigenvalue weighted by Crippen LogP contribution is -2.47. The summed E-state index contributed by atoms with van der Waals surface area (Å²) in [5.74, 6) is 0.884. The van der Waals surface area contributed by atoms with Gasteiger partial charge in [0.1, 0.15) is 0 Å². The van der Waals surface area contributed by atoms with E-state index in [0.717, 1.165) is 78.5 Å². The first kappa shape index (κ1) is 27.3. The summed E-state index contributed by atoms with van der Waals surface area (Å²) in [4.78, 5) is 29.6. The molecule has 226 valence electrons. The van der Waals surface area contributed by atoms with E-state index >= 15 is 0 Å². The molecule has 0 bridgehead atoms. The lowest BCUT2D eigenvalue weighted by Gasteiger charge is -2.41. The minimum atomic E-state index is -3.47. The van der Waals surface area contributed by atoms with Gasteiger partial charge in [0, 0.05) is 48.9 Å². The van der Waals surface area contributed by atoms with Crippen molar-refractivity contribution in [3.05, 3.63) is 42.2 Å². The number of amides is 1. The van der Waals surface area contributed by atoms with Gasteiger partial charge in [0.25, 0.3) is 0 Å². The van der Waals surface area contributed by atoms with Gasteiger partial charge in [-0.15, -0.1) is 0 Å². The highest BCUT2D eigenvalue weighted by Crippen LogP contribution is 2.55. The number of nitrogens with zero attached hydrogens (tertiary/aromatic N) is 5. The smallest absolute Gasteiger partial charge is 0.237 e. The number of fused-ring (bicyclic) bond motifs is 4. The van der Waals surface area contributed by atoms with E-state index in [2.05, 4.69) is 20.6 Å². The van der Waals surface area contributed by atoms with E-state index in [4.69, 9.17) is 9.97 Å². The van der Waals surface area contributed by atoms with Crippen LogP contribution in [0.2, 0.25) is 0 Å². The van der Waals surface area contributed by atoms with Gasteiger partial charge >= 0.3 is 0 Å². The summed E-state index contributed by atoms with van der Waals surface area (Å²) in [5, 5.41) is 0.674. The normalized spacial score (nSPS) is 22.7. The lowest BCUT2D eigenvalue weighted by molar-refractivity contribution is -0.125. The van der Waals surface area contributed by atoms with Crippen LogP contribution in [0.1, 0.15) is 69.8 Å². The molecule has 43 heavy (non-hydrogen) atoms. The van der Waals surface area contributed by atoms with Crippen molar-refractivity contribution in [2.24, 2.45) is 0 Å². The average molecular weight is 601 g/mol. The van der Waals surface area contributed by atoms with E-state index in [1.165, 1.54) is 32.4 Å². The van der Waals surface area contributed by atoms with Crippen LogP contribution in [0.15, 0.2) is 36.7 Å². The second-order valence-electron chi connectivity index (χ2n) is 13.3. The Bertz CT molecular complexity index is 1700. The number of benzene rings is 1. The minimum absolute atomic E-state index is 0.167. The maximum atomic E-state index is 13.3. The van der Waals surface area contributed by atoms with Crippen molar-refractivity contribution in [1.82, 2.24) is 14.9 Å². The number of carbonyl (C=O) groups is 1. The number of aromatic nitrogens is 2. The Morgan fingerprint density at radius 2 is 1.65 bits per heavy atom. The van der Waals surface area contributed by atoms with Crippen molar-refractivity contribution in [3.63, 3.8) is 0 Å². The first-order valence-electron chi connectivity index (χ1n) is 16.1. The lowest BCUT2D eigenvalue weighted by atomic mass is 9.64. The van der Waals surface area contributed by atoms with E-state index in [1.54, 1.807) is 4.90 Å². The standard InChI is InChI=1S/C33H40N6O3S/c1-37-29-21-34-27-9-6-22(18-26(27)30(29)33(32(37)40)12-5-13-33)23-19-28(36-43(41,42)25-7-8-25)31(35-20-23)39-16-10-24(11-17-39)38-14-3-2-4-15-38/h6,9,18-21,24-25,36H,2-5,7-8,10-17H2,1H3. The molecule has 2 saturated carbocycles. The van der Waals surface area contributed by atoms with E-state index in [-0.39, 0.29) is 11.2 Å². The second-order valence-corrected chi connectivity index (χ2v) is 15.3. The molecule has 2 saturated heterocycles. The first-order valence-corrected chi connectivity index (χ1v) is 17.6. The summed E-state index contributed by atoms with van der Waals surface area (Å²) in [5.41, 5.74) is 4.75. The summed E-state index contributed by atoms with van der Waals surface area (Å²) in [6, 6.07) is 8.70. The zero-order valence-corrected chi connectivity index (χ0v) is 25.7. The topological polar surface area (TPSA) is 98.7 Å². The molecular formula is C33H40N6O3S. The number of hydrogen-bond donors (Lipinski definition) is 1. The quantitative estimate of drug-likeness (QED) is 0.423. The SMILES string of the molecule is CN1C(=O)C2(CCC2)c2c1cnc1ccc(-c3cnc(N4CCC(N5CCCCC5)CC4)c(NS(=O)(=O)C4CC4)c3)cc21. The molecule has 2 aliphatic carbocycles. The van der Waals surface area contributed by atoms with Gasteiger partial charge in [0.05, 0.1) is 33.8 Å². The van der Waals surface area contributed by atoms with Gasteiger partial charge in [-0.25, -0.2) is 13.4 Å². The van der Waals surface area contributed by atoms with Crippen molar-refractivity contribution >= 4 is 44.0 Å². The Morgan fingerprint density at radius 1 is 0.884 bits per heavy atom. The summed E-state index contributed by atoms with van der Waals surface area (Å²) in [6.07, 6.45) is 13.9. The number of likely N-dealkylation sites (tertiary alicyclic amines) is 1. The fraction of sp³-hybridized carbons (Fsp3) is 0.545. The number of sulfonamides is 1. The van der Waals surface area contributed by atoms with Crippen molar-refractivity contribution in [2.75, 3.05) is 47.7 Å². The van der Waals surface area contributed by atoms with Crippen LogP contribution in [-0.4, -0.2) is 73.7 Å². The summed E-state index contributed by atoms with van der Waals surface area (Å²) >= 11 is 0. The largest absolute Gasteiger partial charge is 0.355 e. The molecule has 0 unspecified atom stereocenters. The van der Waals surface area contributed by atoms with E-state index < -0.39 is 15.4 Å². The number of anilines is 3. The van der Waals surface area contributed by atoms with Crippen molar-refractivity contribution in [1.29, 1.82) is 0 Å². The Morgan fingerprint density at radius 3 is 2.35 bits per heavy atom. The molecule has 1 N–H and O–H groups in total. The average Bonchev–Trinajstić information content (AvgIpc) is 3.84. The van der Waals surface area contributed by atoms with Gasteiger partial charge in [-0.1, -0.05) is 18.9 Å². The Balaban J connectivity index is 1.15. The third kappa shape index (κ3) is 4.51. The van der Waals surface area contributed by atoms with Crippen LogP contribution in [0.25, 0.3) is 22.0 Å². The second kappa shape index (κ2) is 10.2. The Kier molecular flexibility index (Phi) is 6.45.